The third kappa shape index (κ3) is 1.71. The van der Waals surface area contributed by atoms with E-state index in [1.165, 1.54) is 6.34 Å². The Morgan fingerprint density at radius 1 is 1.29 bits per heavy atom. The first kappa shape index (κ1) is 8.69. The van der Waals surface area contributed by atoms with Gasteiger partial charge in [0.1, 0.15) is 12.1 Å². The summed E-state index contributed by atoms with van der Waals surface area (Å²) in [6, 6.07) is 5.74. The fourth-order valence-corrected chi connectivity index (χ4v) is 1.24. The van der Waals surface area contributed by atoms with Gasteiger partial charge < -0.3 is 4.74 Å². The second-order valence-electron chi connectivity index (χ2n) is 2.83. The predicted molar refractivity (Wildman–Crippen MR) is 58.7 cm³/mol. The van der Waals surface area contributed by atoms with Crippen LogP contribution in [0.2, 0.25) is 0 Å². The van der Waals surface area contributed by atoms with E-state index in [1.807, 2.05) is 30.4 Å². The maximum atomic E-state index is 5.13. The SMILES string of the molecule is COc1ccc2c(c1)/C=C\C=NC=N2. The van der Waals surface area contributed by atoms with Crippen LogP contribution in [0.1, 0.15) is 5.56 Å². The Labute approximate surface area is 82.5 Å². The average Bonchev–Trinajstić information content (AvgIpc) is 2.18. The summed E-state index contributed by atoms with van der Waals surface area (Å²) in [7, 11) is 1.65. The lowest BCUT2D eigenvalue weighted by atomic mass is 10.1. The highest BCUT2D eigenvalue weighted by molar-refractivity contribution is 5.88. The molecule has 0 aromatic heterocycles. The second kappa shape index (κ2) is 3.87. The first-order valence-corrected chi connectivity index (χ1v) is 4.30. The van der Waals surface area contributed by atoms with Crippen LogP contribution in [0, 0.1) is 0 Å². The molecule has 3 heteroatoms. The number of ether oxygens (including phenoxy) is 1. The number of benzene rings is 1. The molecule has 1 aromatic carbocycles. The summed E-state index contributed by atoms with van der Waals surface area (Å²) in [5, 5.41) is 0. The molecule has 14 heavy (non-hydrogen) atoms. The predicted octanol–water partition coefficient (Wildman–Crippen LogP) is 2.45. The molecule has 1 heterocycles. The van der Waals surface area contributed by atoms with Crippen LogP contribution in [0.15, 0.2) is 34.3 Å². The zero-order valence-corrected chi connectivity index (χ0v) is 7.84. The van der Waals surface area contributed by atoms with Gasteiger partial charge in [0.15, 0.2) is 0 Å². The number of methoxy groups -OCH3 is 1. The summed E-state index contributed by atoms with van der Waals surface area (Å²) < 4.78 is 5.13. The maximum Gasteiger partial charge on any atom is 0.119 e. The van der Waals surface area contributed by atoms with Crippen LogP contribution in [0.3, 0.4) is 0 Å². The van der Waals surface area contributed by atoms with Gasteiger partial charge in [0.25, 0.3) is 0 Å². The monoisotopic (exact) mass is 186 g/mol. The van der Waals surface area contributed by atoms with Gasteiger partial charge in [-0.2, -0.15) is 0 Å². The van der Waals surface area contributed by atoms with Gasteiger partial charge in [-0.15, -0.1) is 0 Å². The quantitative estimate of drug-likeness (QED) is 0.663. The molecule has 0 saturated heterocycles. The number of nitrogens with zero attached hydrogens (tertiary/aromatic N) is 2. The minimum atomic E-state index is 0.834. The zero-order valence-electron chi connectivity index (χ0n) is 7.84. The molecule has 2 rings (SSSR count). The maximum absolute atomic E-state index is 5.13. The van der Waals surface area contributed by atoms with Crippen molar-refractivity contribution in [1.29, 1.82) is 0 Å². The largest absolute Gasteiger partial charge is 0.497 e. The molecule has 0 bridgehead atoms. The number of hydrogen-bond donors (Lipinski definition) is 0. The number of fused-ring (bicyclic) bond motifs is 1. The standard InChI is InChI=1S/C11H10N2O/c1-14-10-4-5-11-9(7-10)3-2-6-12-8-13-11/h2-8H,1H3/b3-2-,6-2?,9-3?,12-6?,12-8?,13-8?,13-11?. The fourth-order valence-electron chi connectivity index (χ4n) is 1.24. The molecular formula is C11H10N2O. The highest BCUT2D eigenvalue weighted by Crippen LogP contribution is 2.25. The van der Waals surface area contributed by atoms with Crippen LogP contribution in [0.25, 0.3) is 6.08 Å². The Balaban J connectivity index is 2.49. The summed E-state index contributed by atoms with van der Waals surface area (Å²) >= 11 is 0. The molecule has 0 N–H and O–H groups in total. The summed E-state index contributed by atoms with van der Waals surface area (Å²) in [6.07, 6.45) is 7.07. The van der Waals surface area contributed by atoms with Crippen LogP contribution in [0.4, 0.5) is 5.69 Å². The Kier molecular flexibility index (Phi) is 2.40. The van der Waals surface area contributed by atoms with Gasteiger partial charge in [-0.05, 0) is 24.3 Å². The zero-order chi connectivity index (χ0) is 9.80. The van der Waals surface area contributed by atoms with E-state index < -0.39 is 0 Å². The average molecular weight is 186 g/mol. The van der Waals surface area contributed by atoms with Crippen LogP contribution < -0.4 is 4.74 Å². The Bertz CT molecular complexity index is 419. The van der Waals surface area contributed by atoms with E-state index in [2.05, 4.69) is 9.98 Å². The van der Waals surface area contributed by atoms with Gasteiger partial charge in [0.2, 0.25) is 0 Å². The molecule has 1 aliphatic heterocycles. The highest BCUT2D eigenvalue weighted by atomic mass is 16.5. The molecule has 3 nitrogen and oxygen atoms in total. The molecule has 0 radical (unpaired) electrons. The second-order valence-corrected chi connectivity index (χ2v) is 2.83. The molecule has 0 atom stereocenters. The highest BCUT2D eigenvalue weighted by Gasteiger charge is 2.00. The van der Waals surface area contributed by atoms with Gasteiger partial charge >= 0.3 is 0 Å². The van der Waals surface area contributed by atoms with Gasteiger partial charge in [-0.3, -0.25) is 0 Å². The molecule has 70 valence electrons. The topological polar surface area (TPSA) is 34.0 Å². The van der Waals surface area contributed by atoms with Crippen LogP contribution in [-0.4, -0.2) is 19.7 Å². The smallest absolute Gasteiger partial charge is 0.119 e. The van der Waals surface area contributed by atoms with Crippen molar-refractivity contribution in [2.75, 3.05) is 7.11 Å². The summed E-state index contributed by atoms with van der Waals surface area (Å²) in [5.41, 5.74) is 1.94. The van der Waals surface area contributed by atoms with Gasteiger partial charge in [0, 0.05) is 11.8 Å². The normalized spacial score (nSPS) is 15.5. The number of aliphatic imine (C=N–C) groups is 2. The van der Waals surface area contributed by atoms with Gasteiger partial charge in [0.05, 0.1) is 12.8 Å². The van der Waals surface area contributed by atoms with Crippen molar-refractivity contribution in [3.05, 3.63) is 29.8 Å². The summed E-state index contributed by atoms with van der Waals surface area (Å²) in [5.74, 6) is 0.834. The third-order valence-electron chi connectivity index (χ3n) is 1.95. The Hall–Kier alpha value is -1.90. The van der Waals surface area contributed by atoms with Crippen LogP contribution in [0.5, 0.6) is 5.75 Å². The van der Waals surface area contributed by atoms with E-state index in [9.17, 15) is 0 Å². The number of rotatable bonds is 1. The number of hydrogen-bond acceptors (Lipinski definition) is 3. The summed E-state index contributed by atoms with van der Waals surface area (Å²) in [4.78, 5) is 8.13. The fraction of sp³-hybridized carbons (Fsp3) is 0.0909. The lowest BCUT2D eigenvalue weighted by molar-refractivity contribution is 0.415. The van der Waals surface area contributed by atoms with Crippen molar-refractivity contribution in [3.63, 3.8) is 0 Å². The van der Waals surface area contributed by atoms with E-state index in [-0.39, 0.29) is 0 Å². The van der Waals surface area contributed by atoms with E-state index in [0.29, 0.717) is 0 Å². The van der Waals surface area contributed by atoms with Crippen LogP contribution >= 0.6 is 0 Å². The molecule has 1 aliphatic rings. The Morgan fingerprint density at radius 2 is 2.21 bits per heavy atom. The van der Waals surface area contributed by atoms with Crippen molar-refractivity contribution in [2.45, 2.75) is 0 Å². The van der Waals surface area contributed by atoms with Crippen LogP contribution in [-0.2, 0) is 0 Å². The van der Waals surface area contributed by atoms with Gasteiger partial charge in [-0.1, -0.05) is 6.08 Å². The van der Waals surface area contributed by atoms with Gasteiger partial charge in [-0.25, -0.2) is 9.98 Å². The molecule has 0 spiro atoms. The van der Waals surface area contributed by atoms with Crippen molar-refractivity contribution in [3.8, 4) is 5.75 Å². The first-order valence-electron chi connectivity index (χ1n) is 4.30. The minimum Gasteiger partial charge on any atom is -0.497 e. The lowest BCUT2D eigenvalue weighted by Crippen LogP contribution is -1.85. The third-order valence-corrected chi connectivity index (χ3v) is 1.95. The van der Waals surface area contributed by atoms with E-state index in [4.69, 9.17) is 4.74 Å². The first-order chi connectivity index (χ1) is 6.90. The van der Waals surface area contributed by atoms with E-state index in [0.717, 1.165) is 17.0 Å². The summed E-state index contributed by atoms with van der Waals surface area (Å²) in [6.45, 7) is 0. The molecule has 0 saturated carbocycles. The number of allylic oxidation sites excluding steroid dienone is 1. The lowest BCUT2D eigenvalue weighted by Gasteiger charge is -2.04. The molecular weight excluding hydrogens is 176 g/mol. The molecule has 1 aromatic rings. The Morgan fingerprint density at radius 3 is 3.07 bits per heavy atom. The van der Waals surface area contributed by atoms with E-state index in [1.54, 1.807) is 13.3 Å². The molecule has 0 fully saturated rings. The molecule has 0 aliphatic carbocycles. The molecule has 0 amide bonds. The van der Waals surface area contributed by atoms with Crippen molar-refractivity contribution in [2.24, 2.45) is 9.98 Å². The van der Waals surface area contributed by atoms with E-state index >= 15 is 0 Å². The van der Waals surface area contributed by atoms with Crippen molar-refractivity contribution >= 4 is 24.3 Å². The minimum absolute atomic E-state index is 0.834. The van der Waals surface area contributed by atoms with Crippen molar-refractivity contribution < 1.29 is 4.74 Å². The molecule has 0 unspecified atom stereocenters. The van der Waals surface area contributed by atoms with Crippen molar-refractivity contribution in [1.82, 2.24) is 0 Å².